The Balaban J connectivity index is 0.00000150. The molecular weight excluding hydrogens is 407 g/mol. The van der Waals surface area contributed by atoms with Crippen molar-refractivity contribution in [3.05, 3.63) is 90.0 Å². The number of piperazine rings is 1. The quantitative estimate of drug-likeness (QED) is 0.636. The van der Waals surface area contributed by atoms with E-state index < -0.39 is 0 Å². The number of hydrogen-bond donors (Lipinski definition) is 1. The third-order valence-electron chi connectivity index (χ3n) is 4.86. The molecule has 1 aliphatic heterocycles. The summed E-state index contributed by atoms with van der Waals surface area (Å²) in [5.41, 5.74) is 3.63. The summed E-state index contributed by atoms with van der Waals surface area (Å²) >= 11 is 0. The zero-order valence-electron chi connectivity index (χ0n) is 16.1. The largest absolute Gasteiger partial charge is 0.489 e. The molecule has 7 heteroatoms. The molecule has 0 radical (unpaired) electrons. The number of rotatable bonds is 6. The van der Waals surface area contributed by atoms with Gasteiger partial charge in [0.1, 0.15) is 12.4 Å². The Kier molecular flexibility index (Phi) is 9.35. The third-order valence-corrected chi connectivity index (χ3v) is 4.86. The third kappa shape index (κ3) is 6.41. The molecule has 3 heterocycles. The number of aromatic nitrogens is 2. The standard InChI is InChI=1S/C22H24N4O.2ClH/c1-3-19(13-23-9-1)17-27-21-7-5-18(6-8-21)16-26-12-11-25-15-22(26)20-4-2-10-24-14-20;;/h1-10,13-14,22,25H,11-12,15-17H2;2*1H. The summed E-state index contributed by atoms with van der Waals surface area (Å²) < 4.78 is 5.86. The number of nitrogens with one attached hydrogen (secondary N) is 1. The Bertz CT molecular complexity index is 834. The van der Waals surface area contributed by atoms with E-state index in [0.717, 1.165) is 37.5 Å². The van der Waals surface area contributed by atoms with Gasteiger partial charge in [0, 0.05) is 62.6 Å². The summed E-state index contributed by atoms with van der Waals surface area (Å²) in [6.45, 7) is 4.46. The molecule has 154 valence electrons. The Morgan fingerprint density at radius 2 is 1.69 bits per heavy atom. The van der Waals surface area contributed by atoms with Crippen molar-refractivity contribution in [3.8, 4) is 5.75 Å². The minimum Gasteiger partial charge on any atom is -0.489 e. The van der Waals surface area contributed by atoms with E-state index in [1.165, 1.54) is 11.1 Å². The predicted molar refractivity (Wildman–Crippen MR) is 120 cm³/mol. The van der Waals surface area contributed by atoms with Gasteiger partial charge in [-0.2, -0.15) is 0 Å². The van der Waals surface area contributed by atoms with Crippen LogP contribution in [0, 0.1) is 0 Å². The van der Waals surface area contributed by atoms with Crippen molar-refractivity contribution in [1.82, 2.24) is 20.2 Å². The van der Waals surface area contributed by atoms with Gasteiger partial charge in [-0.25, -0.2) is 0 Å². The summed E-state index contributed by atoms with van der Waals surface area (Å²) in [5, 5.41) is 3.50. The van der Waals surface area contributed by atoms with Gasteiger partial charge in [0.25, 0.3) is 0 Å². The molecule has 2 aromatic heterocycles. The van der Waals surface area contributed by atoms with Crippen LogP contribution in [0.15, 0.2) is 73.3 Å². The van der Waals surface area contributed by atoms with Gasteiger partial charge in [0.2, 0.25) is 0 Å². The minimum absolute atomic E-state index is 0. The van der Waals surface area contributed by atoms with Crippen LogP contribution >= 0.6 is 24.8 Å². The number of halogens is 2. The smallest absolute Gasteiger partial charge is 0.119 e. The van der Waals surface area contributed by atoms with Crippen LogP contribution in [0.3, 0.4) is 0 Å². The van der Waals surface area contributed by atoms with Crippen molar-refractivity contribution >= 4 is 24.8 Å². The summed E-state index contributed by atoms with van der Waals surface area (Å²) in [6, 6.07) is 16.9. The number of pyridine rings is 2. The van der Waals surface area contributed by atoms with Crippen LogP contribution in [0.25, 0.3) is 0 Å². The molecular formula is C22H26Cl2N4O. The van der Waals surface area contributed by atoms with Gasteiger partial charge in [-0.1, -0.05) is 24.3 Å². The Labute approximate surface area is 184 Å². The molecule has 0 amide bonds. The average molecular weight is 433 g/mol. The van der Waals surface area contributed by atoms with Crippen LogP contribution in [-0.2, 0) is 13.2 Å². The number of benzene rings is 1. The van der Waals surface area contributed by atoms with Gasteiger partial charge >= 0.3 is 0 Å². The van der Waals surface area contributed by atoms with E-state index >= 15 is 0 Å². The lowest BCUT2D eigenvalue weighted by atomic mass is 10.0. The highest BCUT2D eigenvalue weighted by atomic mass is 35.5. The lowest BCUT2D eigenvalue weighted by Crippen LogP contribution is -2.45. The van der Waals surface area contributed by atoms with Crippen molar-refractivity contribution in [3.63, 3.8) is 0 Å². The van der Waals surface area contributed by atoms with Crippen LogP contribution in [-0.4, -0.2) is 34.5 Å². The van der Waals surface area contributed by atoms with Crippen LogP contribution in [0.1, 0.15) is 22.7 Å². The highest BCUT2D eigenvalue weighted by molar-refractivity contribution is 5.85. The monoisotopic (exact) mass is 432 g/mol. The second-order valence-corrected chi connectivity index (χ2v) is 6.77. The molecule has 1 aromatic carbocycles. The molecule has 0 bridgehead atoms. The minimum atomic E-state index is 0. The first kappa shape index (κ1) is 23.1. The average Bonchev–Trinajstić information content (AvgIpc) is 2.75. The first-order chi connectivity index (χ1) is 13.4. The zero-order valence-corrected chi connectivity index (χ0v) is 17.7. The first-order valence-electron chi connectivity index (χ1n) is 9.34. The van der Waals surface area contributed by atoms with Crippen molar-refractivity contribution in [2.75, 3.05) is 19.6 Å². The SMILES string of the molecule is Cl.Cl.c1cncc(COc2ccc(CN3CCNCC3c3cccnc3)cc2)c1. The molecule has 0 saturated carbocycles. The van der Waals surface area contributed by atoms with Crippen molar-refractivity contribution < 1.29 is 4.74 Å². The molecule has 1 unspecified atom stereocenters. The summed E-state index contributed by atoms with van der Waals surface area (Å²) in [6.07, 6.45) is 7.40. The van der Waals surface area contributed by atoms with E-state index in [4.69, 9.17) is 4.74 Å². The normalized spacial score (nSPS) is 16.3. The Hall–Kier alpha value is -2.18. The molecule has 5 nitrogen and oxygen atoms in total. The fourth-order valence-electron chi connectivity index (χ4n) is 3.41. The topological polar surface area (TPSA) is 50.3 Å². The first-order valence-corrected chi connectivity index (χ1v) is 9.34. The lowest BCUT2D eigenvalue weighted by molar-refractivity contribution is 0.153. The fourth-order valence-corrected chi connectivity index (χ4v) is 3.41. The second kappa shape index (κ2) is 11.7. The van der Waals surface area contributed by atoms with E-state index in [9.17, 15) is 0 Å². The molecule has 1 N–H and O–H groups in total. The second-order valence-electron chi connectivity index (χ2n) is 6.77. The van der Waals surface area contributed by atoms with Crippen LogP contribution in [0.5, 0.6) is 5.75 Å². The van der Waals surface area contributed by atoms with Crippen molar-refractivity contribution in [2.24, 2.45) is 0 Å². The van der Waals surface area contributed by atoms with Crippen molar-refractivity contribution in [1.29, 1.82) is 0 Å². The van der Waals surface area contributed by atoms with E-state index in [1.54, 1.807) is 6.20 Å². The van der Waals surface area contributed by atoms with Gasteiger partial charge in [0.05, 0.1) is 0 Å². The van der Waals surface area contributed by atoms with Crippen LogP contribution < -0.4 is 10.1 Å². The highest BCUT2D eigenvalue weighted by Gasteiger charge is 2.23. The summed E-state index contributed by atoms with van der Waals surface area (Å²) in [4.78, 5) is 10.9. The van der Waals surface area contributed by atoms with Gasteiger partial charge in [-0.05, 0) is 35.4 Å². The van der Waals surface area contributed by atoms with Crippen LogP contribution in [0.2, 0.25) is 0 Å². The van der Waals surface area contributed by atoms with E-state index in [-0.39, 0.29) is 24.8 Å². The van der Waals surface area contributed by atoms with E-state index in [2.05, 4.69) is 38.4 Å². The molecule has 1 aliphatic rings. The van der Waals surface area contributed by atoms with Crippen LogP contribution in [0.4, 0.5) is 0 Å². The van der Waals surface area contributed by atoms with Gasteiger partial charge in [-0.3, -0.25) is 14.9 Å². The predicted octanol–water partition coefficient (Wildman–Crippen LogP) is 4.05. The molecule has 0 aliphatic carbocycles. The van der Waals surface area contributed by atoms with E-state index in [1.807, 2.05) is 48.9 Å². The highest BCUT2D eigenvalue weighted by Crippen LogP contribution is 2.24. The Morgan fingerprint density at radius 1 is 0.931 bits per heavy atom. The van der Waals surface area contributed by atoms with E-state index in [0.29, 0.717) is 12.6 Å². The zero-order chi connectivity index (χ0) is 18.3. The van der Waals surface area contributed by atoms with Gasteiger partial charge in [-0.15, -0.1) is 24.8 Å². The maximum absolute atomic E-state index is 5.86. The molecule has 1 fully saturated rings. The summed E-state index contributed by atoms with van der Waals surface area (Å²) in [5.74, 6) is 0.881. The lowest BCUT2D eigenvalue weighted by Gasteiger charge is -2.36. The van der Waals surface area contributed by atoms with Crippen molar-refractivity contribution in [2.45, 2.75) is 19.2 Å². The number of hydrogen-bond acceptors (Lipinski definition) is 5. The molecule has 29 heavy (non-hydrogen) atoms. The van der Waals surface area contributed by atoms with Gasteiger partial charge in [0.15, 0.2) is 0 Å². The molecule has 3 aromatic rings. The number of nitrogens with zero attached hydrogens (tertiary/aromatic N) is 3. The fraction of sp³-hybridized carbons (Fsp3) is 0.273. The molecule has 1 atom stereocenters. The maximum Gasteiger partial charge on any atom is 0.119 e. The number of ether oxygens (including phenoxy) is 1. The van der Waals surface area contributed by atoms with Gasteiger partial charge < -0.3 is 10.1 Å². The maximum atomic E-state index is 5.86. The molecule has 4 rings (SSSR count). The molecule has 1 saturated heterocycles. The summed E-state index contributed by atoms with van der Waals surface area (Å²) in [7, 11) is 0. The molecule has 0 spiro atoms. The Morgan fingerprint density at radius 3 is 2.38 bits per heavy atom.